The fourth-order valence-corrected chi connectivity index (χ4v) is 6.95. The van der Waals surface area contributed by atoms with Crippen LogP contribution >= 0.6 is 0 Å². The van der Waals surface area contributed by atoms with E-state index >= 15 is 0 Å². The summed E-state index contributed by atoms with van der Waals surface area (Å²) in [5.74, 6) is 1.33. The van der Waals surface area contributed by atoms with Gasteiger partial charge in [0.1, 0.15) is 0 Å². The molecule has 0 spiro atoms. The Morgan fingerprint density at radius 3 is 2.47 bits per heavy atom. The molecule has 0 radical (unpaired) electrons. The molecule has 4 fully saturated rings. The van der Waals surface area contributed by atoms with Crippen molar-refractivity contribution in [1.29, 1.82) is 0 Å². The maximum atomic E-state index is 13.5. The maximum Gasteiger partial charge on any atom is 0.313 e. The molecule has 172 valence electrons. The van der Waals surface area contributed by atoms with E-state index in [1.807, 2.05) is 26.8 Å². The fourth-order valence-electron chi connectivity index (χ4n) is 6.95. The largest absolute Gasteiger partial charge is 0.454 e. The first-order chi connectivity index (χ1) is 15.2. The SMILES string of the molecule is CC1(C)C2(C(=O)NC3CC4CCC(C3)N4Cc3ccc4c(c3)OCO4)CC[C@@]1(C)C(=O)O2. The molecule has 1 N–H and O–H groups in total. The molecular formula is C25H32N2O5. The van der Waals surface area contributed by atoms with Crippen LogP contribution in [0.2, 0.25) is 0 Å². The van der Waals surface area contributed by atoms with E-state index in [1.165, 1.54) is 5.56 Å². The second-order valence-corrected chi connectivity index (χ2v) is 11.1. The molecule has 4 heterocycles. The van der Waals surface area contributed by atoms with Crippen molar-refractivity contribution in [3.05, 3.63) is 23.8 Å². The van der Waals surface area contributed by atoms with Gasteiger partial charge in [-0.05, 0) is 63.1 Å². The van der Waals surface area contributed by atoms with Gasteiger partial charge in [-0.25, -0.2) is 0 Å². The summed E-state index contributed by atoms with van der Waals surface area (Å²) in [6, 6.07) is 7.23. The molecule has 4 bridgehead atoms. The van der Waals surface area contributed by atoms with Crippen LogP contribution in [-0.2, 0) is 20.9 Å². The highest BCUT2D eigenvalue weighted by Crippen LogP contribution is 2.65. The monoisotopic (exact) mass is 440 g/mol. The Morgan fingerprint density at radius 1 is 1.09 bits per heavy atom. The Kier molecular flexibility index (Phi) is 4.21. The van der Waals surface area contributed by atoms with Gasteiger partial charge >= 0.3 is 5.97 Å². The summed E-state index contributed by atoms with van der Waals surface area (Å²) in [4.78, 5) is 28.6. The molecule has 3 saturated heterocycles. The van der Waals surface area contributed by atoms with Crippen LogP contribution in [0.3, 0.4) is 0 Å². The molecule has 1 aromatic rings. The second kappa shape index (κ2) is 6.62. The first-order valence-corrected chi connectivity index (χ1v) is 11.9. The smallest absolute Gasteiger partial charge is 0.313 e. The highest BCUT2D eigenvalue weighted by atomic mass is 16.7. The second-order valence-electron chi connectivity index (χ2n) is 11.1. The van der Waals surface area contributed by atoms with Crippen molar-refractivity contribution in [2.45, 2.75) is 89.6 Å². The first kappa shape index (κ1) is 20.3. The van der Waals surface area contributed by atoms with Crippen LogP contribution in [0.25, 0.3) is 0 Å². The number of rotatable bonds is 4. The Morgan fingerprint density at radius 2 is 1.81 bits per heavy atom. The highest BCUT2D eigenvalue weighted by molar-refractivity contribution is 5.96. The van der Waals surface area contributed by atoms with Crippen molar-refractivity contribution in [2.75, 3.05) is 6.79 Å². The van der Waals surface area contributed by atoms with E-state index in [9.17, 15) is 9.59 Å². The summed E-state index contributed by atoms with van der Waals surface area (Å²) in [7, 11) is 0. The molecule has 1 aliphatic carbocycles. The lowest BCUT2D eigenvalue weighted by molar-refractivity contribution is -0.168. The van der Waals surface area contributed by atoms with Crippen LogP contribution in [0.5, 0.6) is 11.5 Å². The predicted molar refractivity (Wildman–Crippen MR) is 116 cm³/mol. The van der Waals surface area contributed by atoms with Crippen LogP contribution in [0.1, 0.15) is 64.9 Å². The van der Waals surface area contributed by atoms with E-state index in [0.29, 0.717) is 31.7 Å². The standard InChI is InChI=1S/C25H32N2O5/c1-23(2)24(3)8-9-25(23,32-22(24)29)21(28)26-16-11-17-5-6-18(12-16)27(17)13-15-4-7-19-20(10-15)31-14-30-19/h4,7,10,16-18H,5-6,8-9,11-14H2,1-3H3,(H,26,28)/t16?,17?,18?,24-,25?/m0/s1. The van der Waals surface area contributed by atoms with Gasteiger partial charge in [0.15, 0.2) is 17.1 Å². The molecule has 32 heavy (non-hydrogen) atoms. The first-order valence-electron chi connectivity index (χ1n) is 11.9. The van der Waals surface area contributed by atoms with Gasteiger partial charge in [0.25, 0.3) is 5.91 Å². The molecule has 1 aromatic carbocycles. The van der Waals surface area contributed by atoms with Crippen molar-refractivity contribution < 1.29 is 23.8 Å². The molecule has 1 saturated carbocycles. The van der Waals surface area contributed by atoms with Crippen molar-refractivity contribution in [2.24, 2.45) is 10.8 Å². The Hall–Kier alpha value is -2.28. The highest BCUT2D eigenvalue weighted by Gasteiger charge is 2.75. The van der Waals surface area contributed by atoms with Crippen LogP contribution in [0, 0.1) is 10.8 Å². The number of amides is 1. The summed E-state index contributed by atoms with van der Waals surface area (Å²) >= 11 is 0. The molecule has 3 unspecified atom stereocenters. The number of hydrogen-bond donors (Lipinski definition) is 1. The van der Waals surface area contributed by atoms with E-state index < -0.39 is 16.4 Å². The summed E-state index contributed by atoms with van der Waals surface area (Å²) in [5.41, 5.74) is -0.864. The van der Waals surface area contributed by atoms with Gasteiger partial charge in [-0.1, -0.05) is 19.9 Å². The summed E-state index contributed by atoms with van der Waals surface area (Å²) < 4.78 is 16.8. The molecule has 7 heteroatoms. The number of nitrogens with one attached hydrogen (secondary N) is 1. The number of piperidine rings is 1. The van der Waals surface area contributed by atoms with Gasteiger partial charge in [-0.3, -0.25) is 14.5 Å². The molecule has 7 nitrogen and oxygen atoms in total. The van der Waals surface area contributed by atoms with Crippen molar-refractivity contribution in [1.82, 2.24) is 10.2 Å². The molecule has 5 aliphatic rings. The van der Waals surface area contributed by atoms with E-state index in [-0.39, 0.29) is 17.9 Å². The van der Waals surface area contributed by atoms with Gasteiger partial charge < -0.3 is 19.5 Å². The third kappa shape index (κ3) is 2.57. The van der Waals surface area contributed by atoms with Crippen molar-refractivity contribution in [3.63, 3.8) is 0 Å². The molecule has 0 aromatic heterocycles. The normalized spacial score (nSPS) is 38.7. The minimum Gasteiger partial charge on any atom is -0.454 e. The topological polar surface area (TPSA) is 77.1 Å². The zero-order chi connectivity index (χ0) is 22.3. The van der Waals surface area contributed by atoms with Crippen molar-refractivity contribution in [3.8, 4) is 11.5 Å². The number of ether oxygens (including phenoxy) is 3. The zero-order valence-corrected chi connectivity index (χ0v) is 19.1. The summed E-state index contributed by atoms with van der Waals surface area (Å²) in [6.07, 6.45) is 5.52. The number of carbonyl (C=O) groups excluding carboxylic acids is 2. The minimum atomic E-state index is -1.03. The minimum absolute atomic E-state index is 0.0919. The molecule has 1 amide bonds. The van der Waals surface area contributed by atoms with Gasteiger partial charge in [-0.15, -0.1) is 0 Å². The van der Waals surface area contributed by atoms with Gasteiger partial charge in [0.2, 0.25) is 6.79 Å². The van der Waals surface area contributed by atoms with Gasteiger partial charge in [0.05, 0.1) is 5.41 Å². The maximum absolute atomic E-state index is 13.5. The third-order valence-electron chi connectivity index (χ3n) is 9.47. The third-order valence-corrected chi connectivity index (χ3v) is 9.47. The van der Waals surface area contributed by atoms with Crippen LogP contribution in [-0.4, -0.2) is 47.3 Å². The quantitative estimate of drug-likeness (QED) is 0.725. The molecule has 6 rings (SSSR count). The average Bonchev–Trinajstić information content (AvgIpc) is 3.40. The van der Waals surface area contributed by atoms with Gasteiger partial charge in [-0.2, -0.15) is 0 Å². The summed E-state index contributed by atoms with van der Waals surface area (Å²) in [6.45, 7) is 7.16. The lowest BCUT2D eigenvalue weighted by atomic mass is 9.66. The van der Waals surface area contributed by atoms with Crippen LogP contribution in [0.15, 0.2) is 18.2 Å². The van der Waals surface area contributed by atoms with Crippen molar-refractivity contribution >= 4 is 11.9 Å². The Labute approximate surface area is 188 Å². The predicted octanol–water partition coefficient (Wildman–Crippen LogP) is 3.15. The number of nitrogens with zero attached hydrogens (tertiary/aromatic N) is 1. The van der Waals surface area contributed by atoms with Gasteiger partial charge in [0, 0.05) is 30.1 Å². The zero-order valence-electron chi connectivity index (χ0n) is 19.1. The number of hydrogen-bond acceptors (Lipinski definition) is 6. The number of esters is 1. The van der Waals surface area contributed by atoms with Crippen LogP contribution in [0.4, 0.5) is 0 Å². The molecular weight excluding hydrogens is 408 g/mol. The summed E-state index contributed by atoms with van der Waals surface area (Å²) in [5, 5.41) is 3.31. The Balaban J connectivity index is 1.14. The average molecular weight is 441 g/mol. The lowest BCUT2D eigenvalue weighted by Crippen LogP contribution is -2.58. The van der Waals surface area contributed by atoms with E-state index in [2.05, 4.69) is 22.3 Å². The fraction of sp³-hybridized carbons (Fsp3) is 0.680. The van der Waals surface area contributed by atoms with Crippen LogP contribution < -0.4 is 14.8 Å². The number of benzene rings is 1. The molecule has 4 atom stereocenters. The lowest BCUT2D eigenvalue weighted by Gasteiger charge is -2.41. The molecule has 4 aliphatic heterocycles. The Bertz CT molecular complexity index is 979. The number of carbonyl (C=O) groups is 2. The van der Waals surface area contributed by atoms with E-state index in [0.717, 1.165) is 43.7 Å². The van der Waals surface area contributed by atoms with E-state index in [1.54, 1.807) is 0 Å². The number of fused-ring (bicyclic) bond motifs is 5. The van der Waals surface area contributed by atoms with E-state index in [4.69, 9.17) is 14.2 Å².